The molecule has 3 aromatic carbocycles. The molecule has 5 heteroatoms. The molecule has 1 aliphatic rings. The van der Waals surface area contributed by atoms with Crippen molar-refractivity contribution in [2.45, 2.75) is 19.0 Å². The van der Waals surface area contributed by atoms with Crippen LogP contribution in [0.2, 0.25) is 0 Å². The number of benzene rings is 3. The Morgan fingerprint density at radius 2 is 1.26 bits per heavy atom. The minimum Gasteiger partial charge on any atom is -0.301 e. The molecule has 0 amide bonds. The molecule has 5 rings (SSSR count). The highest BCUT2D eigenvalue weighted by Crippen LogP contribution is 2.29. The number of thiazole rings is 1. The van der Waals surface area contributed by atoms with E-state index in [-0.39, 0.29) is 4.87 Å². The van der Waals surface area contributed by atoms with E-state index in [1.54, 1.807) is 0 Å². The number of hydrogen-bond acceptors (Lipinski definition) is 4. The fourth-order valence-corrected chi connectivity index (χ4v) is 5.75. The van der Waals surface area contributed by atoms with Gasteiger partial charge < -0.3 is 4.90 Å². The molecular weight excluding hydrogens is 438 g/mol. The molecule has 174 valence electrons. The van der Waals surface area contributed by atoms with E-state index >= 15 is 0 Å². The first-order chi connectivity index (χ1) is 16.8. The maximum Gasteiger partial charge on any atom is 0.307 e. The second-order valence-electron chi connectivity index (χ2n) is 8.86. The van der Waals surface area contributed by atoms with E-state index in [2.05, 4.69) is 82.6 Å². The summed E-state index contributed by atoms with van der Waals surface area (Å²) in [5, 5.41) is 1.99. The number of piperazine rings is 1. The van der Waals surface area contributed by atoms with Crippen molar-refractivity contribution in [3.05, 3.63) is 117 Å². The van der Waals surface area contributed by atoms with E-state index in [0.29, 0.717) is 6.04 Å². The molecule has 0 radical (unpaired) electrons. The fraction of sp³-hybridized carbons (Fsp3) is 0.276. The van der Waals surface area contributed by atoms with Crippen LogP contribution in [0.3, 0.4) is 0 Å². The number of aromatic nitrogens is 1. The first kappa shape index (κ1) is 22.8. The predicted molar refractivity (Wildman–Crippen MR) is 141 cm³/mol. The summed E-state index contributed by atoms with van der Waals surface area (Å²) in [6.07, 6.45) is 0.983. The Morgan fingerprint density at radius 1 is 0.706 bits per heavy atom. The van der Waals surface area contributed by atoms with Crippen LogP contribution in [0.25, 0.3) is 11.3 Å². The topological polar surface area (TPSA) is 28.5 Å². The highest BCUT2D eigenvalue weighted by atomic mass is 32.1. The summed E-state index contributed by atoms with van der Waals surface area (Å²) < 4.78 is 1.94. The van der Waals surface area contributed by atoms with Gasteiger partial charge in [-0.3, -0.25) is 14.3 Å². The van der Waals surface area contributed by atoms with Gasteiger partial charge in [0.05, 0.1) is 11.7 Å². The zero-order chi connectivity index (χ0) is 23.2. The zero-order valence-electron chi connectivity index (χ0n) is 19.4. The second kappa shape index (κ2) is 11.0. The van der Waals surface area contributed by atoms with Gasteiger partial charge in [-0.1, -0.05) is 102 Å². The Kier molecular flexibility index (Phi) is 7.34. The summed E-state index contributed by atoms with van der Waals surface area (Å²) in [5.74, 6) is 0. The van der Waals surface area contributed by atoms with Gasteiger partial charge in [-0.05, 0) is 29.7 Å². The summed E-state index contributed by atoms with van der Waals surface area (Å²) in [5.41, 5.74) is 4.86. The smallest absolute Gasteiger partial charge is 0.301 e. The third-order valence-electron chi connectivity index (χ3n) is 6.71. The number of rotatable bonds is 8. The molecule has 0 saturated carbocycles. The van der Waals surface area contributed by atoms with Gasteiger partial charge in [0.15, 0.2) is 0 Å². The van der Waals surface area contributed by atoms with Gasteiger partial charge in [0.1, 0.15) is 0 Å². The quantitative estimate of drug-likeness (QED) is 0.347. The Balaban J connectivity index is 1.19. The van der Waals surface area contributed by atoms with Crippen LogP contribution in [0.15, 0.2) is 101 Å². The molecule has 0 spiro atoms. The Bertz CT molecular complexity index is 1170. The van der Waals surface area contributed by atoms with Crippen molar-refractivity contribution in [1.82, 2.24) is 14.4 Å². The summed E-state index contributed by atoms with van der Waals surface area (Å²) in [6, 6.07) is 32.2. The molecule has 0 atom stereocenters. The first-order valence-electron chi connectivity index (χ1n) is 12.1. The Hall–Kier alpha value is -2.99. The van der Waals surface area contributed by atoms with Crippen LogP contribution < -0.4 is 4.87 Å². The molecule has 1 aliphatic heterocycles. The lowest BCUT2D eigenvalue weighted by atomic mass is 9.96. The molecule has 4 aromatic rings. The van der Waals surface area contributed by atoms with Gasteiger partial charge in [-0.2, -0.15) is 0 Å². The highest BCUT2D eigenvalue weighted by molar-refractivity contribution is 7.07. The van der Waals surface area contributed by atoms with Crippen LogP contribution in [0, 0.1) is 0 Å². The summed E-state index contributed by atoms with van der Waals surface area (Å²) >= 11 is 1.30. The van der Waals surface area contributed by atoms with Crippen molar-refractivity contribution in [2.24, 2.45) is 0 Å². The van der Waals surface area contributed by atoms with E-state index in [0.717, 1.165) is 56.9 Å². The Labute approximate surface area is 205 Å². The lowest BCUT2D eigenvalue weighted by Gasteiger charge is -2.39. The van der Waals surface area contributed by atoms with Crippen molar-refractivity contribution >= 4 is 11.3 Å². The molecular formula is C29H31N3OS. The van der Waals surface area contributed by atoms with E-state index in [9.17, 15) is 4.79 Å². The summed E-state index contributed by atoms with van der Waals surface area (Å²) in [7, 11) is 0. The third-order valence-corrected chi connectivity index (χ3v) is 7.47. The van der Waals surface area contributed by atoms with Crippen molar-refractivity contribution in [2.75, 3.05) is 32.7 Å². The Morgan fingerprint density at radius 3 is 1.85 bits per heavy atom. The van der Waals surface area contributed by atoms with Gasteiger partial charge >= 0.3 is 4.87 Å². The molecule has 2 heterocycles. The molecule has 1 fully saturated rings. The van der Waals surface area contributed by atoms with Gasteiger partial charge in [0.25, 0.3) is 0 Å². The maximum atomic E-state index is 12.4. The molecule has 1 aromatic heterocycles. The summed E-state index contributed by atoms with van der Waals surface area (Å²) in [6.45, 7) is 5.99. The van der Waals surface area contributed by atoms with Gasteiger partial charge in [-0.15, -0.1) is 0 Å². The lowest BCUT2D eigenvalue weighted by molar-refractivity contribution is 0.108. The van der Waals surface area contributed by atoms with Crippen LogP contribution >= 0.6 is 11.3 Å². The minimum absolute atomic E-state index is 0.136. The lowest BCUT2D eigenvalue weighted by Crippen LogP contribution is -2.48. The largest absolute Gasteiger partial charge is 0.307 e. The van der Waals surface area contributed by atoms with Crippen molar-refractivity contribution < 1.29 is 0 Å². The summed E-state index contributed by atoms with van der Waals surface area (Å²) in [4.78, 5) is 17.7. The molecule has 1 saturated heterocycles. The second-order valence-corrected chi connectivity index (χ2v) is 9.68. The van der Waals surface area contributed by atoms with Crippen molar-refractivity contribution in [1.29, 1.82) is 0 Å². The van der Waals surface area contributed by atoms with Gasteiger partial charge in [-0.25, -0.2) is 0 Å². The molecule has 0 unspecified atom stereocenters. The van der Waals surface area contributed by atoms with Crippen LogP contribution in [-0.2, 0) is 6.54 Å². The average molecular weight is 470 g/mol. The van der Waals surface area contributed by atoms with Crippen molar-refractivity contribution in [3.63, 3.8) is 0 Å². The molecule has 0 aliphatic carbocycles. The first-order valence-corrected chi connectivity index (χ1v) is 13.0. The van der Waals surface area contributed by atoms with E-state index in [1.807, 2.05) is 28.1 Å². The maximum absolute atomic E-state index is 12.4. The van der Waals surface area contributed by atoms with Gasteiger partial charge in [0, 0.05) is 38.1 Å². The highest BCUT2D eigenvalue weighted by Gasteiger charge is 2.26. The molecule has 0 N–H and O–H groups in total. The van der Waals surface area contributed by atoms with Crippen molar-refractivity contribution in [3.8, 4) is 11.3 Å². The molecule has 0 bridgehead atoms. The van der Waals surface area contributed by atoms with E-state index in [1.165, 1.54) is 22.5 Å². The van der Waals surface area contributed by atoms with Gasteiger partial charge in [0.2, 0.25) is 0 Å². The number of nitrogens with zero attached hydrogens (tertiary/aromatic N) is 3. The van der Waals surface area contributed by atoms with Crippen LogP contribution in [0.4, 0.5) is 0 Å². The van der Waals surface area contributed by atoms with E-state index < -0.39 is 0 Å². The number of hydrogen-bond donors (Lipinski definition) is 0. The SMILES string of the molecule is O=c1scc(-c2ccccc2)n1CCCN1CCN(C(c2ccccc2)c2ccccc2)CC1. The van der Waals surface area contributed by atoms with Crippen LogP contribution in [0.5, 0.6) is 0 Å². The standard InChI is InChI=1S/C29H31N3OS/c33-29-32(27(23-34-29)24-11-4-1-5-12-24)18-10-17-30-19-21-31(22-20-30)28(25-13-6-2-7-14-25)26-15-8-3-9-16-26/h1-9,11-16,23,28H,10,17-22H2. The zero-order valence-corrected chi connectivity index (χ0v) is 20.2. The fourth-order valence-electron chi connectivity index (χ4n) is 4.96. The average Bonchev–Trinajstić information content (AvgIpc) is 3.27. The molecule has 4 nitrogen and oxygen atoms in total. The normalized spacial score (nSPS) is 15.1. The molecule has 34 heavy (non-hydrogen) atoms. The van der Waals surface area contributed by atoms with Crippen LogP contribution in [-0.4, -0.2) is 47.1 Å². The minimum atomic E-state index is 0.136. The third kappa shape index (κ3) is 5.22. The van der Waals surface area contributed by atoms with Crippen LogP contribution in [0.1, 0.15) is 23.6 Å². The predicted octanol–water partition coefficient (Wildman–Crippen LogP) is 5.37. The monoisotopic (exact) mass is 469 g/mol. The van der Waals surface area contributed by atoms with E-state index in [4.69, 9.17) is 0 Å².